The summed E-state index contributed by atoms with van der Waals surface area (Å²) in [5.74, 6) is -0.519. The van der Waals surface area contributed by atoms with Crippen LogP contribution in [0.5, 0.6) is 11.5 Å². The van der Waals surface area contributed by atoms with Gasteiger partial charge in [0.2, 0.25) is 5.72 Å². The van der Waals surface area contributed by atoms with Gasteiger partial charge in [0.05, 0.1) is 17.7 Å². The quantitative estimate of drug-likeness (QED) is 0.633. The number of esters is 1. The van der Waals surface area contributed by atoms with E-state index >= 15 is 0 Å². The Bertz CT molecular complexity index is 1340. The lowest BCUT2D eigenvalue weighted by Gasteiger charge is -2.44. The van der Waals surface area contributed by atoms with Crippen LogP contribution >= 0.6 is 11.3 Å². The van der Waals surface area contributed by atoms with Crippen molar-refractivity contribution in [3.8, 4) is 11.5 Å². The molecule has 0 radical (unpaired) electrons. The van der Waals surface area contributed by atoms with E-state index in [-0.39, 0.29) is 11.3 Å². The van der Waals surface area contributed by atoms with E-state index in [4.69, 9.17) is 9.47 Å². The molecule has 1 N–H and O–H groups in total. The van der Waals surface area contributed by atoms with Crippen molar-refractivity contribution in [2.45, 2.75) is 18.7 Å². The molecule has 3 aromatic rings. The number of phenols is 1. The molecule has 2 bridgehead atoms. The largest absolute Gasteiger partial charge is 0.508 e. The molecule has 0 aliphatic carbocycles. The highest BCUT2D eigenvalue weighted by Crippen LogP contribution is 2.47. The zero-order valence-corrected chi connectivity index (χ0v) is 17.1. The van der Waals surface area contributed by atoms with Crippen molar-refractivity contribution >= 4 is 23.4 Å². The monoisotopic (exact) mass is 422 g/mol. The summed E-state index contributed by atoms with van der Waals surface area (Å²) in [6.45, 7) is 1.74. The number of hydrogen-bond acceptors (Lipinski definition) is 7. The summed E-state index contributed by atoms with van der Waals surface area (Å²) in [6, 6.07) is 13.4. The molecule has 152 valence electrons. The van der Waals surface area contributed by atoms with Gasteiger partial charge in [-0.15, -0.1) is 0 Å². The number of hydrogen-bond donors (Lipinski definition) is 1. The minimum atomic E-state index is -1.18. The number of nitrogens with zero attached hydrogens (tertiary/aromatic N) is 2. The number of methoxy groups -OCH3 is 1. The topological polar surface area (TPSA) is 90.1 Å². The lowest BCUT2D eigenvalue weighted by molar-refractivity contribution is -0.158. The molecule has 2 aromatic carbocycles. The number of ether oxygens (including phenoxy) is 2. The van der Waals surface area contributed by atoms with Crippen LogP contribution in [-0.2, 0) is 9.53 Å². The van der Waals surface area contributed by atoms with E-state index < -0.39 is 23.7 Å². The summed E-state index contributed by atoms with van der Waals surface area (Å²) < 4.78 is 13.3. The van der Waals surface area contributed by atoms with Gasteiger partial charge in [0, 0.05) is 5.56 Å². The lowest BCUT2D eigenvalue weighted by atomic mass is 9.81. The summed E-state index contributed by atoms with van der Waals surface area (Å²) in [4.78, 5) is 31.3. The highest BCUT2D eigenvalue weighted by molar-refractivity contribution is 7.07. The highest BCUT2D eigenvalue weighted by Gasteiger charge is 2.55. The van der Waals surface area contributed by atoms with Gasteiger partial charge in [-0.3, -0.25) is 14.2 Å². The molecule has 2 aliphatic rings. The molecule has 2 aliphatic heterocycles. The van der Waals surface area contributed by atoms with Gasteiger partial charge in [0.25, 0.3) is 5.56 Å². The first-order valence-electron chi connectivity index (χ1n) is 9.39. The first-order chi connectivity index (χ1) is 14.4. The molecule has 7 nitrogen and oxygen atoms in total. The fourth-order valence-corrected chi connectivity index (χ4v) is 5.25. The van der Waals surface area contributed by atoms with Gasteiger partial charge in [0.1, 0.15) is 17.4 Å². The Balaban J connectivity index is 1.79. The number of fused-ring (bicyclic) bond motifs is 6. The number of aromatic hydroxyl groups is 1. The fourth-order valence-electron chi connectivity index (χ4n) is 4.15. The molecule has 5 rings (SSSR count). The summed E-state index contributed by atoms with van der Waals surface area (Å²) in [6.07, 6.45) is 1.75. The van der Waals surface area contributed by atoms with Crippen LogP contribution in [0.3, 0.4) is 0 Å². The molecule has 0 fully saturated rings. The molecular formula is C22H18N2O5S. The summed E-state index contributed by atoms with van der Waals surface area (Å²) in [5, 5.41) is 9.49. The van der Waals surface area contributed by atoms with E-state index in [0.29, 0.717) is 15.1 Å². The Labute approximate surface area is 175 Å². The Morgan fingerprint density at radius 2 is 2.00 bits per heavy atom. The normalized spacial score (nSPS) is 24.3. The third-order valence-electron chi connectivity index (χ3n) is 5.53. The summed E-state index contributed by atoms with van der Waals surface area (Å²) in [7, 11) is 1.32. The zero-order chi connectivity index (χ0) is 21.0. The first-order valence-corrected chi connectivity index (χ1v) is 10.2. The summed E-state index contributed by atoms with van der Waals surface area (Å²) in [5.41, 5.74) is 0.112. The van der Waals surface area contributed by atoms with E-state index in [9.17, 15) is 14.7 Å². The smallest absolute Gasteiger partial charge is 0.317 e. The Morgan fingerprint density at radius 1 is 1.27 bits per heavy atom. The van der Waals surface area contributed by atoms with Crippen molar-refractivity contribution in [2.24, 2.45) is 10.9 Å². The van der Waals surface area contributed by atoms with Gasteiger partial charge < -0.3 is 14.6 Å². The number of carbonyl (C=O) groups excluding carboxylic acids is 1. The Morgan fingerprint density at radius 3 is 2.73 bits per heavy atom. The predicted octanol–water partition coefficient (Wildman–Crippen LogP) is 1.56. The molecule has 3 heterocycles. The van der Waals surface area contributed by atoms with E-state index in [2.05, 4.69) is 4.99 Å². The van der Waals surface area contributed by atoms with Crippen LogP contribution in [0.15, 0.2) is 58.3 Å². The Kier molecular flexibility index (Phi) is 4.08. The highest BCUT2D eigenvalue weighted by atomic mass is 32.1. The van der Waals surface area contributed by atoms with Crippen LogP contribution in [0.1, 0.15) is 24.1 Å². The van der Waals surface area contributed by atoms with Crippen LogP contribution in [0.2, 0.25) is 0 Å². The van der Waals surface area contributed by atoms with Crippen LogP contribution in [0.4, 0.5) is 0 Å². The molecule has 0 saturated heterocycles. The van der Waals surface area contributed by atoms with Gasteiger partial charge >= 0.3 is 5.97 Å². The number of thiazole rings is 1. The maximum absolute atomic E-state index is 13.4. The second-order valence-corrected chi connectivity index (χ2v) is 8.42. The first kappa shape index (κ1) is 18.6. The number of carbonyl (C=O) groups is 1. The number of benzene rings is 2. The van der Waals surface area contributed by atoms with Crippen LogP contribution in [0, 0.1) is 5.92 Å². The van der Waals surface area contributed by atoms with Crippen LogP contribution in [-0.4, -0.2) is 28.5 Å². The number of aromatic nitrogens is 1. The van der Waals surface area contributed by atoms with E-state index in [0.717, 1.165) is 11.1 Å². The number of para-hydroxylation sites is 1. The predicted molar refractivity (Wildman–Crippen MR) is 110 cm³/mol. The van der Waals surface area contributed by atoms with Gasteiger partial charge in [-0.05, 0) is 36.8 Å². The molecule has 3 atom stereocenters. The SMILES string of the molecule is COC(=O)[C@H]1[C@H]2c3ccccc3O[C@@]1(C)N=c1s/c(=C\c3ccc(O)cc3)c(=O)n12. The third kappa shape index (κ3) is 2.68. The molecular weight excluding hydrogens is 404 g/mol. The zero-order valence-electron chi connectivity index (χ0n) is 16.2. The van der Waals surface area contributed by atoms with Crippen molar-refractivity contribution in [1.29, 1.82) is 0 Å². The van der Waals surface area contributed by atoms with Gasteiger partial charge in [-0.2, -0.15) is 0 Å². The number of rotatable bonds is 2. The molecule has 0 saturated carbocycles. The second kappa shape index (κ2) is 6.56. The van der Waals surface area contributed by atoms with Gasteiger partial charge in [-0.1, -0.05) is 41.7 Å². The molecule has 0 unspecified atom stereocenters. The van der Waals surface area contributed by atoms with E-state index in [1.54, 1.807) is 41.8 Å². The van der Waals surface area contributed by atoms with Crippen molar-refractivity contribution in [3.05, 3.63) is 79.3 Å². The van der Waals surface area contributed by atoms with Gasteiger partial charge in [-0.25, -0.2) is 4.99 Å². The van der Waals surface area contributed by atoms with Crippen molar-refractivity contribution in [2.75, 3.05) is 7.11 Å². The maximum Gasteiger partial charge on any atom is 0.317 e. The second-order valence-electron chi connectivity index (χ2n) is 7.41. The average Bonchev–Trinajstić information content (AvgIpc) is 3.02. The van der Waals surface area contributed by atoms with E-state index in [1.807, 2.05) is 24.3 Å². The average molecular weight is 422 g/mol. The third-order valence-corrected chi connectivity index (χ3v) is 6.51. The van der Waals surface area contributed by atoms with Crippen molar-refractivity contribution in [3.63, 3.8) is 0 Å². The van der Waals surface area contributed by atoms with Crippen molar-refractivity contribution in [1.82, 2.24) is 4.57 Å². The molecule has 8 heteroatoms. The molecule has 30 heavy (non-hydrogen) atoms. The minimum Gasteiger partial charge on any atom is -0.508 e. The lowest BCUT2D eigenvalue weighted by Crippen LogP contribution is -2.58. The number of phenolic OH excluding ortho intramolecular Hbond substituents is 1. The maximum atomic E-state index is 13.4. The van der Waals surface area contributed by atoms with Crippen LogP contribution in [0.25, 0.3) is 6.08 Å². The van der Waals surface area contributed by atoms with Gasteiger partial charge in [0.15, 0.2) is 4.80 Å². The summed E-state index contributed by atoms with van der Waals surface area (Å²) >= 11 is 1.25. The standard InChI is InChI=1S/C22H18N2O5S/c1-22-17(20(27)28-2)18(14-5-3-4-6-15(14)29-22)24-19(26)16(30-21(24)23-22)11-12-7-9-13(25)10-8-12/h3-11,17-18,25H,1-2H3/b16-11-/t17-,18-,22-/m1/s1. The molecule has 0 spiro atoms. The fraction of sp³-hybridized carbons (Fsp3) is 0.227. The Hall–Kier alpha value is -3.39. The molecule has 1 aromatic heterocycles. The van der Waals surface area contributed by atoms with E-state index in [1.165, 1.54) is 18.4 Å². The molecule has 0 amide bonds. The minimum absolute atomic E-state index is 0.153. The van der Waals surface area contributed by atoms with Crippen LogP contribution < -0.4 is 19.6 Å². The van der Waals surface area contributed by atoms with Crippen molar-refractivity contribution < 1.29 is 19.4 Å².